The molecule has 2 aromatic carbocycles. The molecule has 1 heterocycles. The number of aromatic nitrogens is 1. The van der Waals surface area contributed by atoms with Gasteiger partial charge in [-0.15, -0.1) is 0 Å². The van der Waals surface area contributed by atoms with Gasteiger partial charge < -0.3 is 20.7 Å². The van der Waals surface area contributed by atoms with Gasteiger partial charge in [0, 0.05) is 25.3 Å². The average Bonchev–Trinajstić information content (AvgIpc) is 2.78. The summed E-state index contributed by atoms with van der Waals surface area (Å²) in [5.41, 5.74) is 5.65. The van der Waals surface area contributed by atoms with E-state index in [0.717, 1.165) is 12.1 Å². The van der Waals surface area contributed by atoms with Gasteiger partial charge in [0.05, 0.1) is 29.6 Å². The Bertz CT molecular complexity index is 1150. The summed E-state index contributed by atoms with van der Waals surface area (Å²) in [5.74, 6) is -3.12. The van der Waals surface area contributed by atoms with Gasteiger partial charge in [-0.25, -0.2) is 13.2 Å². The normalized spacial score (nSPS) is 11.7. The smallest absolute Gasteiger partial charge is 0.258 e. The van der Waals surface area contributed by atoms with Crippen LogP contribution in [0.25, 0.3) is 11.3 Å². The topological polar surface area (TPSA) is 80.5 Å². The first kappa shape index (κ1) is 24.1. The van der Waals surface area contributed by atoms with Crippen molar-refractivity contribution in [3.8, 4) is 17.0 Å². The Balaban J connectivity index is 2.01. The molecule has 3 rings (SSSR count). The second kappa shape index (κ2) is 10.4. The van der Waals surface area contributed by atoms with E-state index < -0.39 is 23.4 Å². The van der Waals surface area contributed by atoms with Crippen molar-refractivity contribution < 1.29 is 22.7 Å². The Hall–Kier alpha value is -3.59. The van der Waals surface area contributed by atoms with Crippen molar-refractivity contribution in [2.45, 2.75) is 19.9 Å². The fourth-order valence-corrected chi connectivity index (χ4v) is 3.52. The number of nitrogens with one attached hydrogen (secondary N) is 1. The summed E-state index contributed by atoms with van der Waals surface area (Å²) in [4.78, 5) is 18.8. The lowest BCUT2D eigenvalue weighted by molar-refractivity contribution is 0.102. The summed E-state index contributed by atoms with van der Waals surface area (Å²) >= 11 is 0. The zero-order valence-electron chi connectivity index (χ0n) is 18.5. The number of methoxy groups -OCH3 is 1. The summed E-state index contributed by atoms with van der Waals surface area (Å²) in [6, 6.07) is 8.95. The third-order valence-electron chi connectivity index (χ3n) is 5.00. The van der Waals surface area contributed by atoms with Gasteiger partial charge in [-0.1, -0.05) is 6.07 Å². The molecule has 33 heavy (non-hydrogen) atoms. The van der Waals surface area contributed by atoms with Crippen LogP contribution in [-0.4, -0.2) is 37.1 Å². The molecule has 1 aromatic heterocycles. The van der Waals surface area contributed by atoms with Gasteiger partial charge in [0.25, 0.3) is 5.91 Å². The highest BCUT2D eigenvalue weighted by molar-refractivity contribution is 6.06. The predicted molar refractivity (Wildman–Crippen MR) is 122 cm³/mol. The number of ether oxygens (including phenoxy) is 1. The number of carbonyl (C=O) groups is 1. The van der Waals surface area contributed by atoms with E-state index in [-0.39, 0.29) is 34.3 Å². The van der Waals surface area contributed by atoms with Crippen LogP contribution in [0.1, 0.15) is 24.2 Å². The van der Waals surface area contributed by atoms with Crippen LogP contribution in [0.3, 0.4) is 0 Å². The molecule has 0 aliphatic carbocycles. The molecule has 6 nitrogen and oxygen atoms in total. The summed E-state index contributed by atoms with van der Waals surface area (Å²) in [5, 5.41) is 2.56. The largest absolute Gasteiger partial charge is 0.496 e. The van der Waals surface area contributed by atoms with Crippen LogP contribution in [0.4, 0.5) is 24.5 Å². The number of carbonyl (C=O) groups excluding carboxylic acids is 1. The van der Waals surface area contributed by atoms with Gasteiger partial charge in [0.2, 0.25) is 0 Å². The molecule has 0 aliphatic rings. The molecule has 3 N–H and O–H groups in total. The number of amides is 1. The van der Waals surface area contributed by atoms with Crippen LogP contribution in [0, 0.1) is 17.5 Å². The van der Waals surface area contributed by atoms with Gasteiger partial charge in [0.15, 0.2) is 5.82 Å². The van der Waals surface area contributed by atoms with Crippen molar-refractivity contribution in [1.29, 1.82) is 0 Å². The van der Waals surface area contributed by atoms with E-state index in [1.54, 1.807) is 0 Å². The number of benzene rings is 2. The van der Waals surface area contributed by atoms with Crippen LogP contribution in [0.5, 0.6) is 5.75 Å². The van der Waals surface area contributed by atoms with Crippen molar-refractivity contribution in [1.82, 2.24) is 4.98 Å². The Labute approximate surface area is 190 Å². The van der Waals surface area contributed by atoms with Gasteiger partial charge in [-0.2, -0.15) is 0 Å². The second-order valence-corrected chi connectivity index (χ2v) is 7.47. The quantitative estimate of drug-likeness (QED) is 0.516. The first-order valence-corrected chi connectivity index (χ1v) is 10.4. The number of hydrogen-bond donors (Lipinski definition) is 2. The predicted octanol–water partition coefficient (Wildman–Crippen LogP) is 4.60. The monoisotopic (exact) mass is 458 g/mol. The summed E-state index contributed by atoms with van der Waals surface area (Å²) in [6.07, 6.45) is 1.19. The number of hydrogen-bond acceptors (Lipinski definition) is 5. The van der Waals surface area contributed by atoms with Gasteiger partial charge in [0.1, 0.15) is 23.1 Å². The number of rotatable bonds is 8. The second-order valence-electron chi connectivity index (χ2n) is 7.47. The lowest BCUT2D eigenvalue weighted by atomic mass is 10.1. The Morgan fingerprint density at radius 3 is 2.64 bits per heavy atom. The minimum atomic E-state index is -1.03. The van der Waals surface area contributed by atoms with E-state index in [0.29, 0.717) is 18.8 Å². The minimum absolute atomic E-state index is 0.0702. The lowest BCUT2D eigenvalue weighted by Gasteiger charge is -2.27. The van der Waals surface area contributed by atoms with Crippen LogP contribution in [0.2, 0.25) is 0 Å². The van der Waals surface area contributed by atoms with Crippen LogP contribution in [0.15, 0.2) is 48.7 Å². The zero-order valence-corrected chi connectivity index (χ0v) is 18.5. The SMILES string of the molecule is CCN(C[C@H](C)N)c1ccc(F)cc1NC(=O)c1ccnc(-c2c(F)cccc2OC)c1F. The summed E-state index contributed by atoms with van der Waals surface area (Å²) < 4.78 is 48.9. The standard InChI is InChI=1S/C24H25F3N4O2/c1-4-31(13-14(2)28)19-9-8-15(25)12-18(19)30-24(32)16-10-11-29-23(22(16)27)21-17(26)6-5-7-20(21)33-3/h5-12,14H,4,13,28H2,1-3H3,(H,30,32)/t14-/m0/s1. The Morgan fingerprint density at radius 2 is 1.97 bits per heavy atom. The molecular weight excluding hydrogens is 433 g/mol. The molecule has 0 aliphatic heterocycles. The van der Waals surface area contributed by atoms with Crippen LogP contribution >= 0.6 is 0 Å². The Morgan fingerprint density at radius 1 is 1.21 bits per heavy atom. The zero-order chi connectivity index (χ0) is 24.1. The molecular formula is C24H25F3N4O2. The molecule has 3 aromatic rings. The molecule has 0 saturated carbocycles. The van der Waals surface area contributed by atoms with Gasteiger partial charge >= 0.3 is 0 Å². The first-order valence-electron chi connectivity index (χ1n) is 10.4. The van der Waals surface area contributed by atoms with E-state index >= 15 is 4.39 Å². The first-order chi connectivity index (χ1) is 15.8. The highest BCUT2D eigenvalue weighted by Crippen LogP contribution is 2.34. The van der Waals surface area contributed by atoms with Crippen molar-refractivity contribution in [2.24, 2.45) is 5.73 Å². The van der Waals surface area contributed by atoms with Crippen molar-refractivity contribution >= 4 is 17.3 Å². The maximum atomic E-state index is 15.3. The van der Waals surface area contributed by atoms with Gasteiger partial charge in [-0.3, -0.25) is 9.78 Å². The lowest BCUT2D eigenvalue weighted by Crippen LogP contribution is -2.36. The number of likely N-dealkylation sites (N-methyl/N-ethyl adjacent to an activating group) is 1. The molecule has 0 fully saturated rings. The Kier molecular flexibility index (Phi) is 7.55. The van der Waals surface area contributed by atoms with Crippen LogP contribution < -0.4 is 20.7 Å². The molecule has 0 radical (unpaired) electrons. The highest BCUT2D eigenvalue weighted by Gasteiger charge is 2.23. The number of nitrogens with zero attached hydrogens (tertiary/aromatic N) is 2. The van der Waals surface area contributed by atoms with Crippen molar-refractivity contribution in [3.63, 3.8) is 0 Å². The van der Waals surface area contributed by atoms with E-state index in [1.165, 1.54) is 43.6 Å². The van der Waals surface area contributed by atoms with Crippen LogP contribution in [-0.2, 0) is 0 Å². The molecule has 9 heteroatoms. The molecule has 0 unspecified atom stereocenters. The molecule has 0 bridgehead atoms. The maximum absolute atomic E-state index is 15.3. The fourth-order valence-electron chi connectivity index (χ4n) is 3.52. The number of nitrogens with two attached hydrogens (primary N) is 1. The molecule has 1 amide bonds. The minimum Gasteiger partial charge on any atom is -0.496 e. The van der Waals surface area contributed by atoms with Crippen molar-refractivity contribution in [3.05, 3.63) is 71.7 Å². The van der Waals surface area contributed by atoms with E-state index in [1.807, 2.05) is 18.7 Å². The molecule has 1 atom stereocenters. The molecule has 0 saturated heterocycles. The third-order valence-corrected chi connectivity index (χ3v) is 5.00. The highest BCUT2D eigenvalue weighted by atomic mass is 19.1. The summed E-state index contributed by atoms with van der Waals surface area (Å²) in [6.45, 7) is 4.74. The van der Waals surface area contributed by atoms with Gasteiger partial charge in [-0.05, 0) is 50.2 Å². The number of anilines is 2. The average molecular weight is 458 g/mol. The maximum Gasteiger partial charge on any atom is 0.258 e. The third kappa shape index (κ3) is 5.25. The number of pyridine rings is 1. The van der Waals surface area contributed by atoms with Crippen molar-refractivity contribution in [2.75, 3.05) is 30.4 Å². The molecule has 174 valence electrons. The summed E-state index contributed by atoms with van der Waals surface area (Å²) in [7, 11) is 1.32. The molecule has 0 spiro atoms. The fraction of sp³-hybridized carbons (Fsp3) is 0.250. The van der Waals surface area contributed by atoms with E-state index in [4.69, 9.17) is 10.5 Å². The van der Waals surface area contributed by atoms with E-state index in [9.17, 15) is 13.6 Å². The number of halogens is 3. The van der Waals surface area contributed by atoms with E-state index in [2.05, 4.69) is 10.3 Å².